The number of sulfonamides is 1. The van der Waals surface area contributed by atoms with Crippen molar-refractivity contribution in [2.24, 2.45) is 0 Å². The van der Waals surface area contributed by atoms with Gasteiger partial charge in [0.05, 0.1) is 12.2 Å². The van der Waals surface area contributed by atoms with Crippen molar-refractivity contribution in [1.29, 1.82) is 0 Å². The summed E-state index contributed by atoms with van der Waals surface area (Å²) in [7, 11) is -3.58. The van der Waals surface area contributed by atoms with E-state index in [0.29, 0.717) is 42.8 Å². The molecule has 12 heteroatoms. The maximum atomic E-state index is 13.1. The van der Waals surface area contributed by atoms with E-state index in [2.05, 4.69) is 25.2 Å². The third-order valence-corrected chi connectivity index (χ3v) is 9.07. The van der Waals surface area contributed by atoms with Crippen LogP contribution in [0.5, 0.6) is 0 Å². The predicted molar refractivity (Wildman–Crippen MR) is 126 cm³/mol. The second-order valence-electron chi connectivity index (χ2n) is 7.94. The highest BCUT2D eigenvalue weighted by atomic mass is 32.2. The van der Waals surface area contributed by atoms with Crippen LogP contribution in [0.15, 0.2) is 28.7 Å². The number of imidazole rings is 1. The van der Waals surface area contributed by atoms with Gasteiger partial charge in [-0.25, -0.2) is 23.4 Å². The van der Waals surface area contributed by atoms with Crippen molar-refractivity contribution in [3.05, 3.63) is 46.6 Å². The van der Waals surface area contributed by atoms with Gasteiger partial charge in [-0.2, -0.15) is 4.31 Å². The molecule has 1 aliphatic rings. The maximum absolute atomic E-state index is 13.1. The monoisotopic (exact) mass is 489 g/mol. The van der Waals surface area contributed by atoms with E-state index in [1.165, 1.54) is 22.6 Å². The molecule has 1 aliphatic heterocycles. The van der Waals surface area contributed by atoms with E-state index in [1.54, 1.807) is 18.5 Å². The minimum Gasteiger partial charge on any atom is -0.354 e. The number of rotatable bonds is 6. The van der Waals surface area contributed by atoms with Crippen LogP contribution in [0.1, 0.15) is 29.0 Å². The summed E-state index contributed by atoms with van der Waals surface area (Å²) in [5.41, 5.74) is 1.96. The first-order valence-corrected chi connectivity index (χ1v) is 12.9. The van der Waals surface area contributed by atoms with Gasteiger partial charge in [0, 0.05) is 49.7 Å². The standard InChI is InChI=1S/C21H27N7O3S2/c1-14-15(2)28(13-23-14)20-11-19(24-16(3)25-20)26-7-9-27(10-8-26)33(30,31)21-6-5-18(32-21)12-22-17(4)29/h5-6,11,13H,7-10,12H2,1-4H3,(H,22,29). The molecule has 1 saturated heterocycles. The highest BCUT2D eigenvalue weighted by molar-refractivity contribution is 7.91. The molecule has 0 saturated carbocycles. The minimum atomic E-state index is -3.58. The second kappa shape index (κ2) is 9.20. The van der Waals surface area contributed by atoms with Gasteiger partial charge in [-0.3, -0.25) is 9.36 Å². The topological polar surface area (TPSA) is 113 Å². The van der Waals surface area contributed by atoms with E-state index < -0.39 is 10.0 Å². The number of aromatic nitrogens is 4. The Bertz CT molecular complexity index is 1270. The molecule has 0 unspecified atom stereocenters. The molecule has 1 fully saturated rings. The molecule has 0 radical (unpaired) electrons. The first-order valence-electron chi connectivity index (χ1n) is 10.6. The van der Waals surface area contributed by atoms with Gasteiger partial charge in [0.2, 0.25) is 5.91 Å². The van der Waals surface area contributed by atoms with Crippen molar-refractivity contribution in [3.63, 3.8) is 0 Å². The summed E-state index contributed by atoms with van der Waals surface area (Å²) >= 11 is 1.19. The summed E-state index contributed by atoms with van der Waals surface area (Å²) in [5.74, 6) is 2.02. The van der Waals surface area contributed by atoms with Crippen LogP contribution in [-0.4, -0.2) is 64.3 Å². The molecule has 0 spiro atoms. The molecule has 0 atom stereocenters. The molecule has 33 heavy (non-hydrogen) atoms. The van der Waals surface area contributed by atoms with Gasteiger partial charge < -0.3 is 10.2 Å². The summed E-state index contributed by atoms with van der Waals surface area (Å²) in [6.45, 7) is 9.35. The van der Waals surface area contributed by atoms with Crippen molar-refractivity contribution in [3.8, 4) is 5.82 Å². The van der Waals surface area contributed by atoms with Crippen LogP contribution in [0.4, 0.5) is 5.82 Å². The van der Waals surface area contributed by atoms with Crippen LogP contribution in [-0.2, 0) is 21.4 Å². The highest BCUT2D eigenvalue weighted by Crippen LogP contribution is 2.27. The number of carbonyl (C=O) groups excluding carboxylic acids is 1. The molecule has 0 aromatic carbocycles. The van der Waals surface area contributed by atoms with Crippen LogP contribution in [0.25, 0.3) is 5.82 Å². The molecule has 0 bridgehead atoms. The summed E-state index contributed by atoms with van der Waals surface area (Å²) in [6, 6.07) is 5.27. The Morgan fingerprint density at radius 2 is 1.79 bits per heavy atom. The van der Waals surface area contributed by atoms with Crippen LogP contribution < -0.4 is 10.2 Å². The predicted octanol–water partition coefficient (Wildman–Crippen LogP) is 1.80. The Morgan fingerprint density at radius 3 is 2.42 bits per heavy atom. The molecule has 3 aromatic rings. The van der Waals surface area contributed by atoms with Gasteiger partial charge in [-0.15, -0.1) is 11.3 Å². The number of anilines is 1. The Morgan fingerprint density at radius 1 is 1.09 bits per heavy atom. The molecule has 176 valence electrons. The molecular formula is C21H27N7O3S2. The Hall–Kier alpha value is -2.83. The molecular weight excluding hydrogens is 462 g/mol. The van der Waals surface area contributed by atoms with E-state index in [-0.39, 0.29) is 5.91 Å². The van der Waals surface area contributed by atoms with Crippen LogP contribution in [0.3, 0.4) is 0 Å². The fraction of sp³-hybridized carbons (Fsp3) is 0.429. The lowest BCUT2D eigenvalue weighted by Crippen LogP contribution is -2.48. The Kier molecular flexibility index (Phi) is 6.50. The third kappa shape index (κ3) is 4.92. The van der Waals surface area contributed by atoms with E-state index in [1.807, 2.05) is 31.4 Å². The van der Waals surface area contributed by atoms with Crippen molar-refractivity contribution in [2.45, 2.75) is 38.4 Å². The minimum absolute atomic E-state index is 0.148. The van der Waals surface area contributed by atoms with Gasteiger partial charge in [0.1, 0.15) is 28.0 Å². The molecule has 3 aromatic heterocycles. The number of thiophene rings is 1. The number of piperazine rings is 1. The number of nitrogens with one attached hydrogen (secondary N) is 1. The first kappa shape index (κ1) is 23.3. The zero-order valence-electron chi connectivity index (χ0n) is 19.1. The second-order valence-corrected chi connectivity index (χ2v) is 11.3. The number of aryl methyl sites for hydroxylation is 2. The van der Waals surface area contributed by atoms with Crippen molar-refractivity contribution in [2.75, 3.05) is 31.1 Å². The van der Waals surface area contributed by atoms with Gasteiger partial charge >= 0.3 is 0 Å². The highest BCUT2D eigenvalue weighted by Gasteiger charge is 2.30. The fourth-order valence-electron chi connectivity index (χ4n) is 3.64. The van der Waals surface area contributed by atoms with E-state index in [0.717, 1.165) is 27.9 Å². The molecule has 10 nitrogen and oxygen atoms in total. The Labute approximate surface area is 197 Å². The maximum Gasteiger partial charge on any atom is 0.252 e. The van der Waals surface area contributed by atoms with Crippen molar-refractivity contribution >= 4 is 33.1 Å². The summed E-state index contributed by atoms with van der Waals surface area (Å²) < 4.78 is 30.0. The summed E-state index contributed by atoms with van der Waals surface area (Å²) in [6.07, 6.45) is 1.75. The zero-order chi connectivity index (χ0) is 23.8. The average Bonchev–Trinajstić information content (AvgIpc) is 3.39. The van der Waals surface area contributed by atoms with Gasteiger partial charge in [0.25, 0.3) is 10.0 Å². The lowest BCUT2D eigenvalue weighted by Gasteiger charge is -2.34. The zero-order valence-corrected chi connectivity index (χ0v) is 20.7. The number of nitrogens with zero attached hydrogens (tertiary/aromatic N) is 6. The normalized spacial score (nSPS) is 15.1. The van der Waals surface area contributed by atoms with E-state index in [9.17, 15) is 13.2 Å². The first-order chi connectivity index (χ1) is 15.6. The molecule has 0 aliphatic carbocycles. The smallest absolute Gasteiger partial charge is 0.252 e. The van der Waals surface area contributed by atoms with Crippen LogP contribution >= 0.6 is 11.3 Å². The summed E-state index contributed by atoms with van der Waals surface area (Å²) in [4.78, 5) is 27.5. The van der Waals surface area contributed by atoms with Gasteiger partial charge in [-0.05, 0) is 32.9 Å². The fourth-order valence-corrected chi connectivity index (χ4v) is 6.51. The van der Waals surface area contributed by atoms with Crippen molar-refractivity contribution < 1.29 is 13.2 Å². The lowest BCUT2D eigenvalue weighted by molar-refractivity contribution is -0.119. The molecule has 4 heterocycles. The average molecular weight is 490 g/mol. The molecule has 1 amide bonds. The molecule has 1 N–H and O–H groups in total. The quantitative estimate of drug-likeness (QED) is 0.562. The SMILES string of the molecule is CC(=O)NCc1ccc(S(=O)(=O)N2CCN(c3cc(-n4cnc(C)c4C)nc(C)n3)CC2)s1. The van der Waals surface area contributed by atoms with Gasteiger partial charge in [-0.1, -0.05) is 0 Å². The Balaban J connectivity index is 1.47. The summed E-state index contributed by atoms with van der Waals surface area (Å²) in [5, 5.41) is 2.69. The van der Waals surface area contributed by atoms with Crippen LogP contribution in [0, 0.1) is 20.8 Å². The number of carbonyl (C=O) groups is 1. The number of amides is 1. The largest absolute Gasteiger partial charge is 0.354 e. The van der Waals surface area contributed by atoms with Crippen LogP contribution in [0.2, 0.25) is 0 Å². The van der Waals surface area contributed by atoms with E-state index >= 15 is 0 Å². The molecule has 4 rings (SSSR count). The lowest BCUT2D eigenvalue weighted by atomic mass is 10.3. The van der Waals surface area contributed by atoms with Gasteiger partial charge in [0.15, 0.2) is 0 Å². The number of hydrogen-bond donors (Lipinski definition) is 1. The number of hydrogen-bond acceptors (Lipinski definition) is 8. The van der Waals surface area contributed by atoms with Crippen molar-refractivity contribution in [1.82, 2.24) is 29.1 Å². The third-order valence-electron chi connectivity index (χ3n) is 5.61. The van der Waals surface area contributed by atoms with E-state index in [4.69, 9.17) is 0 Å².